The Balaban J connectivity index is 1.50. The molecule has 1 aromatic heterocycles. The molecule has 0 spiro atoms. The van der Waals surface area contributed by atoms with Crippen molar-refractivity contribution < 1.29 is 26.8 Å². The maximum atomic E-state index is 15.3. The number of amides is 1. The summed E-state index contributed by atoms with van der Waals surface area (Å²) in [5.74, 6) is -2.72. The summed E-state index contributed by atoms with van der Waals surface area (Å²) in [5.41, 5.74) is 3.23. The Bertz CT molecular complexity index is 1430. The van der Waals surface area contributed by atoms with Crippen molar-refractivity contribution >= 4 is 5.91 Å². The summed E-state index contributed by atoms with van der Waals surface area (Å²) < 4.78 is 61.8. The third-order valence-electron chi connectivity index (χ3n) is 6.76. The highest BCUT2D eigenvalue weighted by molar-refractivity contribution is 5.95. The van der Waals surface area contributed by atoms with E-state index < -0.39 is 30.5 Å². The van der Waals surface area contributed by atoms with Gasteiger partial charge in [-0.15, -0.1) is 0 Å². The van der Waals surface area contributed by atoms with E-state index in [0.717, 1.165) is 34.9 Å². The summed E-state index contributed by atoms with van der Waals surface area (Å²) in [4.78, 5) is 14.1. The highest BCUT2D eigenvalue weighted by atomic mass is 19.3. The SMILES string of the molecule is CCc1ccc(-c2ccc(-c3ccc(C(=O)N4CCC(F)(F)CC4)cc3F)cc2-c2ccc(F)cc2)o1. The maximum absolute atomic E-state index is 15.3. The van der Waals surface area contributed by atoms with Gasteiger partial charge in [-0.1, -0.05) is 31.2 Å². The number of alkyl halides is 2. The number of carbonyl (C=O) groups excluding carboxylic acids is 1. The van der Waals surface area contributed by atoms with Gasteiger partial charge in [0.1, 0.15) is 23.2 Å². The van der Waals surface area contributed by atoms with Crippen LogP contribution in [-0.4, -0.2) is 29.8 Å². The molecular weight excluding hydrogens is 482 g/mol. The average molecular weight is 508 g/mol. The Hall–Kier alpha value is -3.87. The van der Waals surface area contributed by atoms with Gasteiger partial charge in [0.15, 0.2) is 0 Å². The lowest BCUT2D eigenvalue weighted by Crippen LogP contribution is -2.42. The molecule has 2 heterocycles. The van der Waals surface area contributed by atoms with Crippen LogP contribution < -0.4 is 0 Å². The Morgan fingerprint density at radius 1 is 0.838 bits per heavy atom. The average Bonchev–Trinajstić information content (AvgIpc) is 3.38. The lowest BCUT2D eigenvalue weighted by molar-refractivity contribution is -0.0494. The van der Waals surface area contributed by atoms with Crippen LogP contribution in [0, 0.1) is 11.6 Å². The largest absolute Gasteiger partial charge is 0.461 e. The Morgan fingerprint density at radius 2 is 1.51 bits per heavy atom. The minimum atomic E-state index is -2.77. The van der Waals surface area contributed by atoms with E-state index >= 15 is 4.39 Å². The predicted octanol–water partition coefficient (Wildman–Crippen LogP) is 7.99. The number of hydrogen-bond acceptors (Lipinski definition) is 2. The molecule has 37 heavy (non-hydrogen) atoms. The summed E-state index contributed by atoms with van der Waals surface area (Å²) in [6.45, 7) is 1.86. The molecule has 0 radical (unpaired) electrons. The zero-order chi connectivity index (χ0) is 26.2. The Labute approximate surface area is 212 Å². The van der Waals surface area contributed by atoms with E-state index in [1.807, 2.05) is 31.2 Å². The van der Waals surface area contributed by atoms with Crippen LogP contribution in [0.25, 0.3) is 33.6 Å². The number of likely N-dealkylation sites (tertiary alicyclic amines) is 1. The first kappa shape index (κ1) is 24.8. The molecule has 1 amide bonds. The first-order valence-electron chi connectivity index (χ1n) is 12.2. The minimum absolute atomic E-state index is 0.0653. The molecule has 1 fully saturated rings. The molecule has 0 aliphatic carbocycles. The molecule has 1 aliphatic rings. The standard InChI is InChI=1S/C30H25F4NO2/c1-2-23-9-12-28(37-23)25-11-5-20(17-26(25)19-3-7-22(31)8-4-19)24-10-6-21(18-27(24)32)29(36)35-15-13-30(33,34)14-16-35/h3-12,17-18H,2,13-16H2,1H3. The number of halogens is 4. The van der Waals surface area contributed by atoms with Gasteiger partial charge < -0.3 is 9.32 Å². The highest BCUT2D eigenvalue weighted by Gasteiger charge is 2.35. The van der Waals surface area contributed by atoms with Gasteiger partial charge in [0.2, 0.25) is 0 Å². The van der Waals surface area contributed by atoms with Crippen molar-refractivity contribution in [3.63, 3.8) is 0 Å². The maximum Gasteiger partial charge on any atom is 0.253 e. The van der Waals surface area contributed by atoms with Crippen molar-refractivity contribution in [3.8, 4) is 33.6 Å². The molecular formula is C30H25F4NO2. The first-order valence-corrected chi connectivity index (χ1v) is 12.2. The quantitative estimate of drug-likeness (QED) is 0.257. The number of furan rings is 1. The van der Waals surface area contributed by atoms with Crippen molar-refractivity contribution in [1.29, 1.82) is 0 Å². The molecule has 190 valence electrons. The number of benzene rings is 3. The molecule has 1 aliphatic heterocycles. The van der Waals surface area contributed by atoms with Crippen LogP contribution in [0.3, 0.4) is 0 Å². The van der Waals surface area contributed by atoms with Crippen LogP contribution in [-0.2, 0) is 6.42 Å². The summed E-state index contributed by atoms with van der Waals surface area (Å²) in [6, 6.07) is 19.4. The second kappa shape index (κ2) is 9.88. The van der Waals surface area contributed by atoms with Crippen LogP contribution in [0.2, 0.25) is 0 Å². The van der Waals surface area contributed by atoms with Crippen molar-refractivity contribution in [2.45, 2.75) is 32.1 Å². The van der Waals surface area contributed by atoms with Gasteiger partial charge in [-0.05, 0) is 65.2 Å². The van der Waals surface area contributed by atoms with Crippen molar-refractivity contribution in [2.75, 3.05) is 13.1 Å². The van der Waals surface area contributed by atoms with Gasteiger partial charge >= 0.3 is 0 Å². The summed E-state index contributed by atoms with van der Waals surface area (Å²) in [7, 11) is 0. The molecule has 1 saturated heterocycles. The van der Waals surface area contributed by atoms with Gasteiger partial charge in [0.05, 0.1) is 0 Å². The number of carbonyl (C=O) groups is 1. The lowest BCUT2D eigenvalue weighted by atomic mass is 9.93. The van der Waals surface area contributed by atoms with Crippen LogP contribution in [0.1, 0.15) is 35.9 Å². The predicted molar refractivity (Wildman–Crippen MR) is 134 cm³/mol. The monoisotopic (exact) mass is 507 g/mol. The molecule has 4 aromatic rings. The minimum Gasteiger partial charge on any atom is -0.461 e. The van der Waals surface area contributed by atoms with Crippen molar-refractivity contribution in [1.82, 2.24) is 4.90 Å². The second-order valence-electron chi connectivity index (χ2n) is 9.23. The number of nitrogens with zero attached hydrogens (tertiary/aromatic N) is 1. The number of rotatable bonds is 5. The highest BCUT2D eigenvalue weighted by Crippen LogP contribution is 2.37. The molecule has 0 unspecified atom stereocenters. The van der Waals surface area contributed by atoms with Crippen LogP contribution in [0.4, 0.5) is 17.6 Å². The fraction of sp³-hybridized carbons (Fsp3) is 0.233. The molecule has 0 saturated carbocycles. The van der Waals surface area contributed by atoms with E-state index in [4.69, 9.17) is 4.42 Å². The first-order chi connectivity index (χ1) is 17.7. The third-order valence-corrected chi connectivity index (χ3v) is 6.76. The number of aryl methyl sites for hydroxylation is 1. The molecule has 0 N–H and O–H groups in total. The smallest absolute Gasteiger partial charge is 0.253 e. The van der Waals surface area contributed by atoms with Gasteiger partial charge in [-0.2, -0.15) is 0 Å². The zero-order valence-corrected chi connectivity index (χ0v) is 20.2. The normalized spacial score (nSPS) is 15.1. The fourth-order valence-electron chi connectivity index (χ4n) is 4.61. The fourth-order valence-corrected chi connectivity index (χ4v) is 4.61. The molecule has 3 nitrogen and oxygen atoms in total. The van der Waals surface area contributed by atoms with Crippen LogP contribution in [0.5, 0.6) is 0 Å². The van der Waals surface area contributed by atoms with E-state index in [1.54, 1.807) is 18.2 Å². The third kappa shape index (κ3) is 5.17. The number of hydrogen-bond donors (Lipinski definition) is 0. The van der Waals surface area contributed by atoms with Crippen LogP contribution in [0.15, 0.2) is 77.2 Å². The van der Waals surface area contributed by atoms with E-state index in [1.165, 1.54) is 29.2 Å². The summed E-state index contributed by atoms with van der Waals surface area (Å²) >= 11 is 0. The van der Waals surface area contributed by atoms with Gasteiger partial charge in [0, 0.05) is 49.0 Å². The molecule has 7 heteroatoms. The van der Waals surface area contributed by atoms with Crippen LogP contribution >= 0.6 is 0 Å². The van der Waals surface area contributed by atoms with Gasteiger partial charge in [0.25, 0.3) is 11.8 Å². The van der Waals surface area contributed by atoms with E-state index in [9.17, 15) is 18.0 Å². The van der Waals surface area contributed by atoms with Gasteiger partial charge in [-0.3, -0.25) is 4.79 Å². The van der Waals surface area contributed by atoms with E-state index in [0.29, 0.717) is 11.3 Å². The van der Waals surface area contributed by atoms with Crippen molar-refractivity contribution in [2.24, 2.45) is 0 Å². The molecule has 0 bridgehead atoms. The molecule has 3 aromatic carbocycles. The Morgan fingerprint density at radius 3 is 2.16 bits per heavy atom. The summed E-state index contributed by atoms with van der Waals surface area (Å²) in [5, 5.41) is 0. The van der Waals surface area contributed by atoms with E-state index in [-0.39, 0.29) is 30.0 Å². The van der Waals surface area contributed by atoms with Gasteiger partial charge in [-0.25, -0.2) is 17.6 Å². The lowest BCUT2D eigenvalue weighted by Gasteiger charge is -2.31. The van der Waals surface area contributed by atoms with E-state index in [2.05, 4.69) is 0 Å². The molecule has 5 rings (SSSR count). The summed E-state index contributed by atoms with van der Waals surface area (Å²) in [6.07, 6.45) is -0.0550. The Kier molecular flexibility index (Phi) is 6.63. The topological polar surface area (TPSA) is 33.5 Å². The zero-order valence-electron chi connectivity index (χ0n) is 20.2. The molecule has 0 atom stereocenters. The van der Waals surface area contributed by atoms with Crippen molar-refractivity contribution in [3.05, 3.63) is 95.8 Å². The number of piperidine rings is 1. The second-order valence-corrected chi connectivity index (χ2v) is 9.23.